The second-order valence-electron chi connectivity index (χ2n) is 5.11. The highest BCUT2D eigenvalue weighted by atomic mass is 16.5. The van der Waals surface area contributed by atoms with Crippen LogP contribution < -0.4 is 14.8 Å². The second-order valence-corrected chi connectivity index (χ2v) is 5.11. The summed E-state index contributed by atoms with van der Waals surface area (Å²) < 4.78 is 10.4. The van der Waals surface area contributed by atoms with Crippen molar-refractivity contribution in [3.05, 3.63) is 59.7 Å². The van der Waals surface area contributed by atoms with Crippen molar-refractivity contribution in [1.82, 2.24) is 5.32 Å². The first-order valence-electron chi connectivity index (χ1n) is 7.34. The van der Waals surface area contributed by atoms with Gasteiger partial charge < -0.3 is 19.9 Å². The second kappa shape index (κ2) is 8.01. The van der Waals surface area contributed by atoms with E-state index < -0.39 is 17.9 Å². The number of amides is 1. The zero-order valence-electron chi connectivity index (χ0n) is 13.5. The van der Waals surface area contributed by atoms with Gasteiger partial charge in [-0.05, 0) is 30.3 Å². The number of carboxylic acid groups (broad SMARTS) is 1. The molecule has 0 heterocycles. The standard InChI is InChI=1S/C18H19NO5/c1-23-14-8-9-16(24-2)13(10-14)11-15(18(21)22)19-17(20)12-6-4-3-5-7-12/h3-10,15H,11H2,1-2H3,(H,19,20)(H,21,22). The lowest BCUT2D eigenvalue weighted by Gasteiger charge is -2.17. The molecule has 1 atom stereocenters. The lowest BCUT2D eigenvalue weighted by molar-refractivity contribution is -0.139. The molecule has 2 aromatic rings. The fourth-order valence-corrected chi connectivity index (χ4v) is 2.29. The summed E-state index contributed by atoms with van der Waals surface area (Å²) in [5, 5.41) is 12.0. The lowest BCUT2D eigenvalue weighted by atomic mass is 10.0. The van der Waals surface area contributed by atoms with Crippen molar-refractivity contribution in [3.8, 4) is 11.5 Å². The third-order valence-corrected chi connectivity index (χ3v) is 3.55. The predicted molar refractivity (Wildman–Crippen MR) is 88.6 cm³/mol. The average molecular weight is 329 g/mol. The van der Waals surface area contributed by atoms with E-state index in [4.69, 9.17) is 9.47 Å². The van der Waals surface area contributed by atoms with Crippen molar-refractivity contribution < 1.29 is 24.2 Å². The molecule has 0 aromatic heterocycles. The third-order valence-electron chi connectivity index (χ3n) is 3.55. The van der Waals surface area contributed by atoms with E-state index in [9.17, 15) is 14.7 Å². The Morgan fingerprint density at radius 1 is 1.08 bits per heavy atom. The number of carbonyl (C=O) groups excluding carboxylic acids is 1. The molecule has 0 bridgehead atoms. The summed E-state index contributed by atoms with van der Waals surface area (Å²) in [4.78, 5) is 23.7. The summed E-state index contributed by atoms with van der Waals surface area (Å²) in [6.07, 6.45) is 0.0777. The number of methoxy groups -OCH3 is 2. The molecule has 126 valence electrons. The van der Waals surface area contributed by atoms with Gasteiger partial charge in [0, 0.05) is 17.5 Å². The van der Waals surface area contributed by atoms with Gasteiger partial charge in [0.05, 0.1) is 14.2 Å². The van der Waals surface area contributed by atoms with E-state index in [1.165, 1.54) is 14.2 Å². The van der Waals surface area contributed by atoms with E-state index in [2.05, 4.69) is 5.32 Å². The molecule has 24 heavy (non-hydrogen) atoms. The number of carbonyl (C=O) groups is 2. The van der Waals surface area contributed by atoms with Gasteiger partial charge in [0.2, 0.25) is 0 Å². The SMILES string of the molecule is COc1ccc(OC)c(CC(NC(=O)c2ccccc2)C(=O)O)c1. The van der Waals surface area contributed by atoms with Crippen LogP contribution in [0.3, 0.4) is 0 Å². The number of rotatable bonds is 7. The van der Waals surface area contributed by atoms with Crippen molar-refractivity contribution in [2.45, 2.75) is 12.5 Å². The first-order chi connectivity index (χ1) is 11.5. The summed E-state index contributed by atoms with van der Waals surface area (Å²) in [5.74, 6) is -0.436. The zero-order valence-corrected chi connectivity index (χ0v) is 13.5. The first-order valence-corrected chi connectivity index (χ1v) is 7.34. The summed E-state index contributed by atoms with van der Waals surface area (Å²) in [6.45, 7) is 0. The molecule has 0 saturated heterocycles. The molecule has 1 unspecified atom stereocenters. The van der Waals surface area contributed by atoms with Crippen LogP contribution in [0.1, 0.15) is 15.9 Å². The number of carboxylic acids is 1. The van der Waals surface area contributed by atoms with E-state index in [-0.39, 0.29) is 6.42 Å². The van der Waals surface area contributed by atoms with Crippen LogP contribution in [0.5, 0.6) is 11.5 Å². The van der Waals surface area contributed by atoms with Gasteiger partial charge >= 0.3 is 5.97 Å². The van der Waals surface area contributed by atoms with Crippen molar-refractivity contribution in [1.29, 1.82) is 0 Å². The normalized spacial score (nSPS) is 11.4. The molecule has 6 nitrogen and oxygen atoms in total. The number of hydrogen-bond donors (Lipinski definition) is 2. The quantitative estimate of drug-likeness (QED) is 0.813. The van der Waals surface area contributed by atoms with E-state index in [1.54, 1.807) is 48.5 Å². The number of hydrogen-bond acceptors (Lipinski definition) is 4. The minimum Gasteiger partial charge on any atom is -0.497 e. The van der Waals surface area contributed by atoms with Crippen LogP contribution in [0.4, 0.5) is 0 Å². The van der Waals surface area contributed by atoms with Crippen LogP contribution in [0.2, 0.25) is 0 Å². The maximum absolute atomic E-state index is 12.2. The summed E-state index contributed by atoms with van der Waals surface area (Å²) in [6, 6.07) is 12.5. The molecule has 6 heteroatoms. The minimum atomic E-state index is -1.12. The summed E-state index contributed by atoms with van der Waals surface area (Å²) >= 11 is 0. The molecule has 0 aliphatic heterocycles. The lowest BCUT2D eigenvalue weighted by Crippen LogP contribution is -2.42. The van der Waals surface area contributed by atoms with Gasteiger partial charge in [-0.1, -0.05) is 18.2 Å². The van der Waals surface area contributed by atoms with Crippen molar-refractivity contribution in [2.24, 2.45) is 0 Å². The third kappa shape index (κ3) is 4.25. The zero-order chi connectivity index (χ0) is 17.5. The highest BCUT2D eigenvalue weighted by Crippen LogP contribution is 2.25. The predicted octanol–water partition coefficient (Wildman–Crippen LogP) is 2.13. The van der Waals surface area contributed by atoms with E-state index in [1.807, 2.05) is 0 Å². The van der Waals surface area contributed by atoms with Crippen LogP contribution in [-0.4, -0.2) is 37.2 Å². The van der Waals surface area contributed by atoms with Crippen molar-refractivity contribution in [3.63, 3.8) is 0 Å². The van der Waals surface area contributed by atoms with Crippen LogP contribution in [-0.2, 0) is 11.2 Å². The molecular formula is C18H19NO5. The van der Waals surface area contributed by atoms with E-state index >= 15 is 0 Å². The van der Waals surface area contributed by atoms with Crippen LogP contribution >= 0.6 is 0 Å². The topological polar surface area (TPSA) is 84.9 Å². The molecule has 0 spiro atoms. The van der Waals surface area contributed by atoms with Gasteiger partial charge in [-0.2, -0.15) is 0 Å². The molecule has 0 aliphatic rings. The van der Waals surface area contributed by atoms with Gasteiger partial charge in [-0.15, -0.1) is 0 Å². The van der Waals surface area contributed by atoms with Gasteiger partial charge in [0.25, 0.3) is 5.91 Å². The Kier molecular flexibility index (Phi) is 5.78. The van der Waals surface area contributed by atoms with E-state index in [0.717, 1.165) is 0 Å². The smallest absolute Gasteiger partial charge is 0.326 e. The van der Waals surface area contributed by atoms with Crippen molar-refractivity contribution in [2.75, 3.05) is 14.2 Å². The highest BCUT2D eigenvalue weighted by Gasteiger charge is 2.23. The Hall–Kier alpha value is -3.02. The monoisotopic (exact) mass is 329 g/mol. The molecule has 2 rings (SSSR count). The molecule has 2 N–H and O–H groups in total. The largest absolute Gasteiger partial charge is 0.497 e. The maximum atomic E-state index is 12.2. The molecule has 1 amide bonds. The molecule has 0 saturated carbocycles. The molecular weight excluding hydrogens is 310 g/mol. The summed E-state index contributed by atoms with van der Waals surface area (Å²) in [5.41, 5.74) is 1.04. The average Bonchev–Trinajstić information content (AvgIpc) is 2.61. The number of aliphatic carboxylic acids is 1. The summed E-state index contributed by atoms with van der Waals surface area (Å²) in [7, 11) is 3.03. The maximum Gasteiger partial charge on any atom is 0.326 e. The molecule has 0 fully saturated rings. The fraction of sp³-hybridized carbons (Fsp3) is 0.222. The van der Waals surface area contributed by atoms with Gasteiger partial charge in [-0.3, -0.25) is 4.79 Å². The number of benzene rings is 2. The fourth-order valence-electron chi connectivity index (χ4n) is 2.29. The van der Waals surface area contributed by atoms with Gasteiger partial charge in [-0.25, -0.2) is 4.79 Å². The Morgan fingerprint density at radius 3 is 2.38 bits per heavy atom. The molecule has 2 aromatic carbocycles. The Balaban J connectivity index is 2.20. The Bertz CT molecular complexity index is 715. The molecule has 0 radical (unpaired) electrons. The minimum absolute atomic E-state index is 0.0777. The molecule has 0 aliphatic carbocycles. The van der Waals surface area contributed by atoms with Crippen molar-refractivity contribution >= 4 is 11.9 Å². The van der Waals surface area contributed by atoms with Gasteiger partial charge in [0.15, 0.2) is 0 Å². The highest BCUT2D eigenvalue weighted by molar-refractivity contribution is 5.96. The number of ether oxygens (including phenoxy) is 2. The van der Waals surface area contributed by atoms with Crippen LogP contribution in [0.15, 0.2) is 48.5 Å². The van der Waals surface area contributed by atoms with Gasteiger partial charge in [0.1, 0.15) is 17.5 Å². The van der Waals surface area contributed by atoms with E-state index in [0.29, 0.717) is 22.6 Å². The number of nitrogens with one attached hydrogen (secondary N) is 1. The first kappa shape index (κ1) is 17.3. The Morgan fingerprint density at radius 2 is 1.79 bits per heavy atom. The van der Waals surface area contributed by atoms with Crippen LogP contribution in [0, 0.1) is 0 Å². The van der Waals surface area contributed by atoms with Crippen LogP contribution in [0.25, 0.3) is 0 Å². The Labute approximate surface area is 140 Å².